The molecule has 9 heteroatoms. The molecule has 1 heterocycles. The second-order valence-corrected chi connectivity index (χ2v) is 5.59. The predicted octanol–water partition coefficient (Wildman–Crippen LogP) is 3.19. The van der Waals surface area contributed by atoms with Crippen molar-refractivity contribution in [2.24, 2.45) is 5.10 Å². The number of rotatable bonds is 6. The third-order valence-electron chi connectivity index (χ3n) is 2.61. The summed E-state index contributed by atoms with van der Waals surface area (Å²) in [6, 6.07) is 2.16. The number of hydrazone groups is 1. The molecule has 122 valence electrons. The number of phenols is 1. The van der Waals surface area contributed by atoms with Gasteiger partial charge in [0.2, 0.25) is 5.13 Å². The van der Waals surface area contributed by atoms with Gasteiger partial charge in [-0.2, -0.15) is 5.10 Å². The van der Waals surface area contributed by atoms with Crippen LogP contribution < -0.4 is 5.43 Å². The number of halogens is 2. The number of hydrogen-bond acceptors (Lipinski definition) is 7. The van der Waals surface area contributed by atoms with Crippen molar-refractivity contribution in [3.63, 3.8) is 0 Å². The van der Waals surface area contributed by atoms with E-state index in [2.05, 4.69) is 15.5 Å². The minimum Gasteiger partial charge on any atom is -0.506 e. The molecule has 0 bridgehead atoms. The lowest BCUT2D eigenvalue weighted by Crippen LogP contribution is -2.07. The zero-order chi connectivity index (χ0) is 16.8. The van der Waals surface area contributed by atoms with E-state index < -0.39 is 5.82 Å². The van der Waals surface area contributed by atoms with E-state index in [0.717, 1.165) is 6.07 Å². The van der Waals surface area contributed by atoms with Crippen LogP contribution in [0.3, 0.4) is 0 Å². The van der Waals surface area contributed by atoms with Crippen LogP contribution in [0.25, 0.3) is 0 Å². The number of aromatic hydroxyl groups is 1. The number of phenolic OH excluding ortho intramolecular Hbond substituents is 1. The summed E-state index contributed by atoms with van der Waals surface area (Å²) in [6.45, 7) is 2.05. The second-order valence-electron chi connectivity index (χ2n) is 4.32. The maximum Gasteiger partial charge on any atom is 0.311 e. The highest BCUT2D eigenvalue weighted by Gasteiger charge is 2.08. The molecule has 1 aromatic carbocycles. The standard InChI is InChI=1S/C14H13ClFN3O3S/c1-2-22-13(21)4-9-7-23-14(18-9)19-17-6-8-3-10(15)12(20)5-11(8)16/h3,5-7,20H,2,4H2,1H3,(H,18,19). The Kier molecular flexibility index (Phi) is 5.89. The van der Waals surface area contributed by atoms with Crippen LogP contribution in [0.15, 0.2) is 22.6 Å². The number of hydrogen-bond donors (Lipinski definition) is 2. The lowest BCUT2D eigenvalue weighted by Gasteiger charge is -2.00. The predicted molar refractivity (Wildman–Crippen MR) is 86.7 cm³/mol. The average molecular weight is 358 g/mol. The summed E-state index contributed by atoms with van der Waals surface area (Å²) in [5, 5.41) is 15.3. The van der Waals surface area contributed by atoms with Gasteiger partial charge in [-0.25, -0.2) is 9.37 Å². The molecule has 0 saturated heterocycles. The number of aromatic nitrogens is 1. The molecule has 0 saturated carbocycles. The molecule has 1 aromatic heterocycles. The highest BCUT2D eigenvalue weighted by Crippen LogP contribution is 2.25. The first kappa shape index (κ1) is 17.2. The van der Waals surface area contributed by atoms with Crippen molar-refractivity contribution in [2.45, 2.75) is 13.3 Å². The zero-order valence-electron chi connectivity index (χ0n) is 12.0. The average Bonchev–Trinajstić information content (AvgIpc) is 2.92. The summed E-state index contributed by atoms with van der Waals surface area (Å²) >= 11 is 6.96. The van der Waals surface area contributed by atoms with E-state index in [-0.39, 0.29) is 28.7 Å². The maximum atomic E-state index is 13.6. The topological polar surface area (TPSA) is 83.8 Å². The van der Waals surface area contributed by atoms with Crippen LogP contribution in [0.1, 0.15) is 18.2 Å². The lowest BCUT2D eigenvalue weighted by molar-refractivity contribution is -0.142. The van der Waals surface area contributed by atoms with Gasteiger partial charge in [-0.05, 0) is 13.0 Å². The van der Waals surface area contributed by atoms with Gasteiger partial charge in [0.25, 0.3) is 0 Å². The van der Waals surface area contributed by atoms with Gasteiger partial charge in [0.05, 0.1) is 30.0 Å². The van der Waals surface area contributed by atoms with Crippen molar-refractivity contribution in [2.75, 3.05) is 12.0 Å². The highest BCUT2D eigenvalue weighted by atomic mass is 35.5. The minimum absolute atomic E-state index is 0.0267. The summed E-state index contributed by atoms with van der Waals surface area (Å²) in [7, 11) is 0. The Balaban J connectivity index is 1.97. The third kappa shape index (κ3) is 4.90. The molecule has 0 spiro atoms. The molecule has 0 aliphatic carbocycles. The van der Waals surface area contributed by atoms with Gasteiger partial charge in [-0.1, -0.05) is 11.6 Å². The zero-order valence-corrected chi connectivity index (χ0v) is 13.6. The lowest BCUT2D eigenvalue weighted by atomic mass is 10.2. The first-order chi connectivity index (χ1) is 11.0. The van der Waals surface area contributed by atoms with Gasteiger partial charge >= 0.3 is 5.97 Å². The van der Waals surface area contributed by atoms with Crippen molar-refractivity contribution in [3.8, 4) is 5.75 Å². The fraction of sp³-hybridized carbons (Fsp3) is 0.214. The minimum atomic E-state index is -0.653. The molecule has 6 nitrogen and oxygen atoms in total. The van der Waals surface area contributed by atoms with Crippen molar-refractivity contribution in [1.29, 1.82) is 0 Å². The molecule has 0 radical (unpaired) electrons. The molecule has 2 N–H and O–H groups in total. The van der Waals surface area contributed by atoms with Crippen LogP contribution in [0, 0.1) is 5.82 Å². The van der Waals surface area contributed by atoms with E-state index in [4.69, 9.17) is 16.3 Å². The first-order valence-electron chi connectivity index (χ1n) is 6.56. The monoisotopic (exact) mass is 357 g/mol. The van der Waals surface area contributed by atoms with Gasteiger partial charge in [-0.15, -0.1) is 11.3 Å². The Hall–Kier alpha value is -2.19. The summed E-state index contributed by atoms with van der Waals surface area (Å²) < 4.78 is 18.4. The fourth-order valence-electron chi connectivity index (χ4n) is 1.61. The number of carbonyl (C=O) groups is 1. The van der Waals surface area contributed by atoms with Crippen LogP contribution in [0.2, 0.25) is 5.02 Å². The number of carbonyl (C=O) groups excluding carboxylic acids is 1. The number of thiazole rings is 1. The first-order valence-corrected chi connectivity index (χ1v) is 7.82. The molecule has 2 aromatic rings. The van der Waals surface area contributed by atoms with E-state index in [1.54, 1.807) is 12.3 Å². The molecule has 23 heavy (non-hydrogen) atoms. The van der Waals surface area contributed by atoms with Gasteiger partial charge in [0.15, 0.2) is 0 Å². The van der Waals surface area contributed by atoms with Gasteiger partial charge in [0, 0.05) is 17.0 Å². The Morgan fingerprint density at radius 1 is 1.61 bits per heavy atom. The third-order valence-corrected chi connectivity index (χ3v) is 3.71. The smallest absolute Gasteiger partial charge is 0.311 e. The molecular weight excluding hydrogens is 345 g/mol. The molecule has 0 aliphatic heterocycles. The largest absolute Gasteiger partial charge is 0.506 e. The quantitative estimate of drug-likeness (QED) is 0.471. The normalized spacial score (nSPS) is 10.9. The Bertz CT molecular complexity index is 736. The number of ether oxygens (including phenoxy) is 1. The number of esters is 1. The second kappa shape index (κ2) is 7.89. The number of benzene rings is 1. The van der Waals surface area contributed by atoms with Gasteiger partial charge in [-0.3, -0.25) is 10.2 Å². The van der Waals surface area contributed by atoms with Crippen molar-refractivity contribution in [3.05, 3.63) is 39.6 Å². The molecule has 0 amide bonds. The SMILES string of the molecule is CCOC(=O)Cc1csc(NN=Cc2cc(Cl)c(O)cc2F)n1. The fourth-order valence-corrected chi connectivity index (χ4v) is 2.44. The Morgan fingerprint density at radius 2 is 2.39 bits per heavy atom. The molecular formula is C14H13ClFN3O3S. The van der Waals surface area contributed by atoms with Crippen LogP contribution in [0.4, 0.5) is 9.52 Å². The molecule has 0 aliphatic rings. The van der Waals surface area contributed by atoms with Crippen LogP contribution in [0.5, 0.6) is 5.75 Å². The highest BCUT2D eigenvalue weighted by molar-refractivity contribution is 7.13. The summed E-state index contributed by atoms with van der Waals surface area (Å²) in [6.07, 6.45) is 1.30. The summed E-state index contributed by atoms with van der Waals surface area (Å²) in [5.41, 5.74) is 3.31. The molecule has 0 atom stereocenters. The van der Waals surface area contributed by atoms with Crippen LogP contribution in [-0.2, 0) is 16.0 Å². The Morgan fingerprint density at radius 3 is 3.13 bits per heavy atom. The Labute approximate surface area is 140 Å². The molecule has 0 unspecified atom stereocenters. The van der Waals surface area contributed by atoms with Crippen molar-refractivity contribution >= 4 is 40.3 Å². The van der Waals surface area contributed by atoms with Crippen molar-refractivity contribution in [1.82, 2.24) is 4.98 Å². The van der Waals surface area contributed by atoms with Gasteiger partial charge in [0.1, 0.15) is 11.6 Å². The maximum absolute atomic E-state index is 13.6. The van der Waals surface area contributed by atoms with Crippen molar-refractivity contribution < 1.29 is 19.0 Å². The van der Waals surface area contributed by atoms with Crippen LogP contribution in [-0.4, -0.2) is 28.9 Å². The van der Waals surface area contributed by atoms with Crippen LogP contribution >= 0.6 is 22.9 Å². The number of anilines is 1. The summed E-state index contributed by atoms with van der Waals surface area (Å²) in [4.78, 5) is 15.5. The number of nitrogens with one attached hydrogen (secondary N) is 1. The van der Waals surface area contributed by atoms with E-state index >= 15 is 0 Å². The van der Waals surface area contributed by atoms with E-state index in [9.17, 15) is 14.3 Å². The van der Waals surface area contributed by atoms with E-state index in [0.29, 0.717) is 17.4 Å². The van der Waals surface area contributed by atoms with Gasteiger partial charge < -0.3 is 9.84 Å². The number of nitrogens with zero attached hydrogens (tertiary/aromatic N) is 2. The van der Waals surface area contributed by atoms with E-state index in [1.807, 2.05) is 0 Å². The molecule has 0 fully saturated rings. The summed E-state index contributed by atoms with van der Waals surface area (Å²) in [5.74, 6) is -1.34. The van der Waals surface area contributed by atoms with E-state index in [1.165, 1.54) is 23.6 Å². The molecule has 2 rings (SSSR count).